The molecule has 1 unspecified atom stereocenters. The van der Waals surface area contributed by atoms with Gasteiger partial charge in [0.05, 0.1) is 29.6 Å². The van der Waals surface area contributed by atoms with E-state index in [-0.39, 0.29) is 5.97 Å². The van der Waals surface area contributed by atoms with Crippen molar-refractivity contribution in [2.24, 2.45) is 0 Å². The van der Waals surface area contributed by atoms with Crippen LogP contribution in [0.4, 0.5) is 5.69 Å². The standard InChI is InChI=1S/C31H33N3O2/c1-5-18-32-26-14-12-24(13-15-26)30-21-27(33-34(30)28-16-10-22(3)11-17-28)20-29(31(35)36-6-2)25-9-7-8-23(4)19-25/h5,7-17,19,21,29,32H,1,6,18,20H2,2-4H3. The highest BCUT2D eigenvalue weighted by molar-refractivity contribution is 5.78. The van der Waals surface area contributed by atoms with Crippen LogP contribution in [-0.4, -0.2) is 28.9 Å². The van der Waals surface area contributed by atoms with Gasteiger partial charge < -0.3 is 10.1 Å². The Morgan fingerprint density at radius 3 is 2.44 bits per heavy atom. The van der Waals surface area contributed by atoms with Crippen molar-refractivity contribution in [3.05, 3.63) is 114 Å². The molecule has 0 aliphatic heterocycles. The van der Waals surface area contributed by atoms with Crippen LogP contribution in [0.3, 0.4) is 0 Å². The molecule has 4 aromatic rings. The monoisotopic (exact) mass is 479 g/mol. The topological polar surface area (TPSA) is 56.1 Å². The largest absolute Gasteiger partial charge is 0.466 e. The first-order chi connectivity index (χ1) is 17.5. The molecule has 0 amide bonds. The minimum absolute atomic E-state index is 0.229. The predicted molar refractivity (Wildman–Crippen MR) is 147 cm³/mol. The third-order valence-electron chi connectivity index (χ3n) is 6.10. The summed E-state index contributed by atoms with van der Waals surface area (Å²) < 4.78 is 7.41. The van der Waals surface area contributed by atoms with E-state index in [0.29, 0.717) is 19.6 Å². The van der Waals surface area contributed by atoms with Gasteiger partial charge >= 0.3 is 5.97 Å². The quantitative estimate of drug-likeness (QED) is 0.205. The Balaban J connectivity index is 1.74. The number of hydrogen-bond donors (Lipinski definition) is 1. The van der Waals surface area contributed by atoms with Gasteiger partial charge in [-0.05, 0) is 56.7 Å². The Labute approximate surface area is 213 Å². The van der Waals surface area contributed by atoms with E-state index in [1.165, 1.54) is 5.56 Å². The highest BCUT2D eigenvalue weighted by Crippen LogP contribution is 2.29. The molecule has 184 valence electrons. The first-order valence-corrected chi connectivity index (χ1v) is 12.3. The van der Waals surface area contributed by atoms with E-state index < -0.39 is 5.92 Å². The second-order valence-corrected chi connectivity index (χ2v) is 8.94. The number of carbonyl (C=O) groups is 1. The Kier molecular flexibility index (Phi) is 8.01. The van der Waals surface area contributed by atoms with E-state index >= 15 is 0 Å². The van der Waals surface area contributed by atoms with Crippen molar-refractivity contribution in [2.45, 2.75) is 33.1 Å². The van der Waals surface area contributed by atoms with Gasteiger partial charge in [0, 0.05) is 24.2 Å². The fourth-order valence-corrected chi connectivity index (χ4v) is 4.24. The molecule has 0 fully saturated rings. The maximum absolute atomic E-state index is 13.0. The Morgan fingerprint density at radius 1 is 1.03 bits per heavy atom. The van der Waals surface area contributed by atoms with E-state index in [9.17, 15) is 4.79 Å². The Bertz CT molecular complexity index is 1320. The summed E-state index contributed by atoms with van der Waals surface area (Å²) in [7, 11) is 0. The van der Waals surface area contributed by atoms with Gasteiger partial charge in [0.1, 0.15) is 0 Å². The minimum atomic E-state index is -0.426. The normalized spacial score (nSPS) is 11.6. The van der Waals surface area contributed by atoms with Crippen molar-refractivity contribution in [2.75, 3.05) is 18.5 Å². The molecule has 1 atom stereocenters. The van der Waals surface area contributed by atoms with E-state index in [4.69, 9.17) is 9.84 Å². The molecule has 3 aromatic carbocycles. The summed E-state index contributed by atoms with van der Waals surface area (Å²) in [6, 6.07) is 26.7. The summed E-state index contributed by atoms with van der Waals surface area (Å²) in [4.78, 5) is 13.0. The average Bonchev–Trinajstić information content (AvgIpc) is 3.31. The highest BCUT2D eigenvalue weighted by atomic mass is 16.5. The number of rotatable bonds is 10. The van der Waals surface area contributed by atoms with E-state index in [0.717, 1.165) is 39.5 Å². The van der Waals surface area contributed by atoms with Gasteiger partial charge in [-0.1, -0.05) is 65.7 Å². The summed E-state index contributed by atoms with van der Waals surface area (Å²) in [5.74, 6) is -0.656. The molecule has 36 heavy (non-hydrogen) atoms. The molecule has 0 saturated carbocycles. The Hall–Kier alpha value is -4.12. The molecule has 1 heterocycles. The van der Waals surface area contributed by atoms with Crippen LogP contribution < -0.4 is 5.32 Å². The van der Waals surface area contributed by atoms with Crippen LogP contribution in [0.25, 0.3) is 16.9 Å². The lowest BCUT2D eigenvalue weighted by Gasteiger charge is -2.15. The molecule has 0 aliphatic carbocycles. The van der Waals surface area contributed by atoms with Gasteiger partial charge in [-0.25, -0.2) is 4.68 Å². The SMILES string of the molecule is C=CCNc1ccc(-c2cc(CC(C(=O)OCC)c3cccc(C)c3)nn2-c2ccc(C)cc2)cc1. The Morgan fingerprint density at radius 2 is 1.78 bits per heavy atom. The second-order valence-electron chi connectivity index (χ2n) is 8.94. The number of nitrogens with zero attached hydrogens (tertiary/aromatic N) is 2. The molecule has 0 bridgehead atoms. The average molecular weight is 480 g/mol. The smallest absolute Gasteiger partial charge is 0.313 e. The zero-order valence-corrected chi connectivity index (χ0v) is 21.2. The van der Waals surface area contributed by atoms with Crippen LogP contribution in [-0.2, 0) is 16.0 Å². The number of ether oxygens (including phenoxy) is 1. The lowest BCUT2D eigenvalue weighted by molar-refractivity contribution is -0.145. The van der Waals surface area contributed by atoms with Crippen molar-refractivity contribution < 1.29 is 9.53 Å². The maximum Gasteiger partial charge on any atom is 0.313 e. The van der Waals surface area contributed by atoms with Crippen LogP contribution >= 0.6 is 0 Å². The molecule has 0 aliphatic rings. The van der Waals surface area contributed by atoms with Crippen molar-refractivity contribution in [1.82, 2.24) is 9.78 Å². The van der Waals surface area contributed by atoms with E-state index in [1.807, 2.05) is 42.8 Å². The number of benzene rings is 3. The predicted octanol–water partition coefficient (Wildman–Crippen LogP) is 6.64. The molecular weight excluding hydrogens is 446 g/mol. The molecule has 0 spiro atoms. The van der Waals surface area contributed by atoms with E-state index in [1.54, 1.807) is 0 Å². The summed E-state index contributed by atoms with van der Waals surface area (Å²) >= 11 is 0. The third-order valence-corrected chi connectivity index (χ3v) is 6.10. The number of esters is 1. The second kappa shape index (κ2) is 11.5. The number of hydrogen-bond acceptors (Lipinski definition) is 4. The summed E-state index contributed by atoms with van der Waals surface area (Å²) in [5, 5.41) is 8.28. The van der Waals surface area contributed by atoms with Gasteiger partial charge in [-0.2, -0.15) is 5.10 Å². The zero-order chi connectivity index (χ0) is 25.5. The van der Waals surface area contributed by atoms with Gasteiger partial charge in [-0.3, -0.25) is 4.79 Å². The van der Waals surface area contributed by atoms with Gasteiger partial charge in [0.15, 0.2) is 0 Å². The van der Waals surface area contributed by atoms with E-state index in [2.05, 4.69) is 79.5 Å². The summed E-state index contributed by atoms with van der Waals surface area (Å²) in [6.45, 7) is 10.8. The molecule has 1 N–H and O–H groups in total. The lowest BCUT2D eigenvalue weighted by atomic mass is 9.93. The maximum atomic E-state index is 13.0. The zero-order valence-electron chi connectivity index (χ0n) is 21.2. The fourth-order valence-electron chi connectivity index (χ4n) is 4.24. The molecule has 4 rings (SSSR count). The molecular formula is C31H33N3O2. The summed E-state index contributed by atoms with van der Waals surface area (Å²) in [6.07, 6.45) is 2.29. The van der Waals surface area contributed by atoms with Crippen molar-refractivity contribution in [3.63, 3.8) is 0 Å². The van der Waals surface area contributed by atoms with Crippen LogP contribution in [0.5, 0.6) is 0 Å². The van der Waals surface area contributed by atoms with Crippen molar-refractivity contribution in [3.8, 4) is 16.9 Å². The van der Waals surface area contributed by atoms with Crippen molar-refractivity contribution in [1.29, 1.82) is 0 Å². The number of aromatic nitrogens is 2. The number of anilines is 1. The van der Waals surface area contributed by atoms with Crippen LogP contribution in [0.15, 0.2) is 91.5 Å². The molecule has 1 aromatic heterocycles. The fraction of sp³-hybridized carbons (Fsp3) is 0.226. The highest BCUT2D eigenvalue weighted by Gasteiger charge is 2.25. The van der Waals surface area contributed by atoms with Crippen molar-refractivity contribution >= 4 is 11.7 Å². The van der Waals surface area contributed by atoms with Crippen LogP contribution in [0.2, 0.25) is 0 Å². The first kappa shape index (κ1) is 25.0. The summed E-state index contributed by atoms with van der Waals surface area (Å²) in [5.41, 5.74) is 8.08. The third kappa shape index (κ3) is 5.92. The van der Waals surface area contributed by atoms with Crippen LogP contribution in [0, 0.1) is 13.8 Å². The molecule has 5 nitrogen and oxygen atoms in total. The van der Waals surface area contributed by atoms with Gasteiger partial charge in [-0.15, -0.1) is 6.58 Å². The molecule has 0 radical (unpaired) electrons. The number of aryl methyl sites for hydroxylation is 2. The van der Waals surface area contributed by atoms with Gasteiger partial charge in [0.2, 0.25) is 0 Å². The molecule has 5 heteroatoms. The van der Waals surface area contributed by atoms with Gasteiger partial charge in [0.25, 0.3) is 0 Å². The first-order valence-electron chi connectivity index (χ1n) is 12.3. The molecule has 0 saturated heterocycles. The lowest BCUT2D eigenvalue weighted by Crippen LogP contribution is -2.19. The minimum Gasteiger partial charge on any atom is -0.466 e. The number of nitrogens with one attached hydrogen (secondary N) is 1. The van der Waals surface area contributed by atoms with Crippen LogP contribution in [0.1, 0.15) is 35.2 Å². The number of carbonyl (C=O) groups excluding carboxylic acids is 1.